The van der Waals surface area contributed by atoms with Gasteiger partial charge >= 0.3 is 6.03 Å². The van der Waals surface area contributed by atoms with Crippen LogP contribution in [-0.2, 0) is 4.79 Å². The maximum Gasteiger partial charge on any atom is 0.329 e. The average molecular weight is 423 g/mol. The largest absolute Gasteiger partial charge is 0.489 e. The smallest absolute Gasteiger partial charge is 0.329 e. The van der Waals surface area contributed by atoms with E-state index in [2.05, 4.69) is 4.98 Å². The van der Waals surface area contributed by atoms with Gasteiger partial charge in [0.05, 0.1) is 16.6 Å². The minimum atomic E-state index is -0.250. The Kier molecular flexibility index (Phi) is 9.87. The van der Waals surface area contributed by atoms with Gasteiger partial charge in [-0.3, -0.25) is 9.36 Å². The molecule has 0 radical (unpaired) electrons. The molecule has 0 aliphatic rings. The van der Waals surface area contributed by atoms with E-state index in [1.54, 1.807) is 29.4 Å². The van der Waals surface area contributed by atoms with Crippen molar-refractivity contribution >= 4 is 47.3 Å². The molecular formula is C16H18Cl3N3O4. The lowest BCUT2D eigenvalue weighted by Gasteiger charge is -2.22. The summed E-state index contributed by atoms with van der Waals surface area (Å²) in [4.78, 5) is 26.3. The number of amides is 1. The van der Waals surface area contributed by atoms with E-state index in [0.29, 0.717) is 33.9 Å². The van der Waals surface area contributed by atoms with Crippen LogP contribution >= 0.6 is 34.8 Å². The third kappa shape index (κ3) is 6.74. The van der Waals surface area contributed by atoms with Crippen LogP contribution in [0.5, 0.6) is 5.75 Å². The number of benzene rings is 1. The maximum absolute atomic E-state index is 12.3. The quantitative estimate of drug-likeness (QED) is 0.701. The highest BCUT2D eigenvalue weighted by Crippen LogP contribution is 2.35. The predicted molar refractivity (Wildman–Crippen MR) is 101 cm³/mol. The number of hydrogen-bond acceptors (Lipinski definition) is 4. The highest BCUT2D eigenvalue weighted by molar-refractivity contribution is 6.40. The van der Waals surface area contributed by atoms with Crippen LogP contribution in [0.4, 0.5) is 4.79 Å². The fourth-order valence-electron chi connectivity index (χ4n) is 2.03. The summed E-state index contributed by atoms with van der Waals surface area (Å²) in [5, 5.41) is 8.01. The summed E-state index contributed by atoms with van der Waals surface area (Å²) in [6.45, 7) is 3.03. The summed E-state index contributed by atoms with van der Waals surface area (Å²) in [5.41, 5.74) is 0. The Hall–Kier alpha value is -1.96. The Morgan fingerprint density at radius 3 is 2.42 bits per heavy atom. The molecule has 0 spiro atoms. The second-order valence-electron chi connectivity index (χ2n) is 4.89. The maximum atomic E-state index is 12.3. The molecule has 0 fully saturated rings. The molecule has 0 saturated heterocycles. The van der Waals surface area contributed by atoms with Gasteiger partial charge in [0, 0.05) is 24.0 Å². The van der Waals surface area contributed by atoms with Crippen molar-refractivity contribution < 1.29 is 19.4 Å². The van der Waals surface area contributed by atoms with Gasteiger partial charge in [0.2, 0.25) is 0 Å². The normalized spacial score (nSPS) is 9.85. The molecule has 0 bridgehead atoms. The van der Waals surface area contributed by atoms with Crippen molar-refractivity contribution in [3.05, 3.63) is 45.9 Å². The average Bonchev–Trinajstić information content (AvgIpc) is 3.10. The molecule has 1 amide bonds. The van der Waals surface area contributed by atoms with Crippen LogP contribution in [0.3, 0.4) is 0 Å². The van der Waals surface area contributed by atoms with Gasteiger partial charge < -0.3 is 14.7 Å². The number of aromatic nitrogens is 2. The summed E-state index contributed by atoms with van der Waals surface area (Å²) in [5.74, 6) is 0.365. The van der Waals surface area contributed by atoms with E-state index < -0.39 is 0 Å². The van der Waals surface area contributed by atoms with Crippen LogP contribution in [0.2, 0.25) is 15.1 Å². The van der Waals surface area contributed by atoms with Gasteiger partial charge in [-0.1, -0.05) is 41.7 Å². The van der Waals surface area contributed by atoms with Gasteiger partial charge in [0.15, 0.2) is 5.75 Å². The molecule has 2 rings (SSSR count). The molecule has 1 aromatic heterocycles. The number of rotatable bonds is 6. The van der Waals surface area contributed by atoms with Crippen LogP contribution in [0.25, 0.3) is 0 Å². The van der Waals surface area contributed by atoms with E-state index in [9.17, 15) is 4.79 Å². The van der Waals surface area contributed by atoms with Crippen LogP contribution in [0, 0.1) is 0 Å². The van der Waals surface area contributed by atoms with E-state index in [-0.39, 0.29) is 19.1 Å². The van der Waals surface area contributed by atoms with Crippen molar-refractivity contribution in [3.8, 4) is 5.75 Å². The van der Waals surface area contributed by atoms with Crippen molar-refractivity contribution in [2.24, 2.45) is 0 Å². The molecule has 0 aliphatic carbocycles. The number of carbonyl (C=O) groups excluding carboxylic acids is 1. The van der Waals surface area contributed by atoms with Gasteiger partial charge in [0.1, 0.15) is 12.9 Å². The second-order valence-corrected chi connectivity index (χ2v) is 6.14. The predicted octanol–water partition coefficient (Wildman–Crippen LogP) is 4.30. The van der Waals surface area contributed by atoms with Crippen molar-refractivity contribution in [1.29, 1.82) is 0 Å². The Labute approximate surface area is 166 Å². The van der Waals surface area contributed by atoms with Gasteiger partial charge in [0.25, 0.3) is 6.47 Å². The first kappa shape index (κ1) is 22.1. The molecule has 0 unspecified atom stereocenters. The Balaban J connectivity index is 0.00000105. The molecule has 1 N–H and O–H groups in total. The monoisotopic (exact) mass is 421 g/mol. The van der Waals surface area contributed by atoms with Gasteiger partial charge in [-0.15, -0.1) is 0 Å². The van der Waals surface area contributed by atoms with E-state index in [1.165, 1.54) is 10.9 Å². The number of nitrogens with zero attached hydrogens (tertiary/aromatic N) is 3. The summed E-state index contributed by atoms with van der Waals surface area (Å²) < 4.78 is 7.05. The van der Waals surface area contributed by atoms with Gasteiger partial charge in [-0.25, -0.2) is 9.78 Å². The van der Waals surface area contributed by atoms with E-state index in [4.69, 9.17) is 49.4 Å². The summed E-state index contributed by atoms with van der Waals surface area (Å²) >= 11 is 18.0. The van der Waals surface area contributed by atoms with E-state index in [0.717, 1.165) is 6.42 Å². The molecule has 0 aliphatic heterocycles. The topological polar surface area (TPSA) is 84.7 Å². The van der Waals surface area contributed by atoms with Crippen LogP contribution in [0.15, 0.2) is 30.9 Å². The molecule has 0 atom stereocenters. The first-order valence-corrected chi connectivity index (χ1v) is 8.70. The van der Waals surface area contributed by atoms with Crippen LogP contribution in [-0.4, -0.2) is 51.8 Å². The second kappa shape index (κ2) is 11.6. The van der Waals surface area contributed by atoms with Crippen LogP contribution in [0.1, 0.15) is 13.3 Å². The summed E-state index contributed by atoms with van der Waals surface area (Å²) in [6.07, 6.45) is 5.48. The molecule has 1 heterocycles. The fraction of sp³-hybridized carbons (Fsp3) is 0.312. The Morgan fingerprint density at radius 2 is 1.92 bits per heavy atom. The van der Waals surface area contributed by atoms with Gasteiger partial charge in [-0.05, 0) is 18.6 Å². The van der Waals surface area contributed by atoms with Crippen molar-refractivity contribution in [1.82, 2.24) is 14.5 Å². The highest BCUT2D eigenvalue weighted by atomic mass is 35.5. The minimum Gasteiger partial charge on any atom is -0.489 e. The number of imidazole rings is 1. The molecule has 7 nitrogen and oxygen atoms in total. The molecule has 2 aromatic rings. The third-order valence-electron chi connectivity index (χ3n) is 3.06. The van der Waals surface area contributed by atoms with E-state index >= 15 is 0 Å². The molecule has 10 heteroatoms. The Morgan fingerprint density at radius 1 is 1.31 bits per heavy atom. The van der Waals surface area contributed by atoms with Gasteiger partial charge in [-0.2, -0.15) is 0 Å². The van der Waals surface area contributed by atoms with Crippen molar-refractivity contribution in [3.63, 3.8) is 0 Å². The lowest BCUT2D eigenvalue weighted by molar-refractivity contribution is -0.122. The molecule has 142 valence electrons. The molecular weight excluding hydrogens is 405 g/mol. The Bertz CT molecular complexity index is 688. The SMILES string of the molecule is CCCN(CCOc1c(Cl)cc(Cl)cc1Cl)C(=O)n1ccnc1.O=CO. The lowest BCUT2D eigenvalue weighted by atomic mass is 10.3. The van der Waals surface area contributed by atoms with Crippen molar-refractivity contribution in [2.45, 2.75) is 13.3 Å². The number of carboxylic acid groups (broad SMARTS) is 1. The lowest BCUT2D eigenvalue weighted by Crippen LogP contribution is -2.37. The number of carbonyl (C=O) groups is 2. The fourth-order valence-corrected chi connectivity index (χ4v) is 2.96. The minimum absolute atomic E-state index is 0.152. The summed E-state index contributed by atoms with van der Waals surface area (Å²) in [6, 6.07) is 2.97. The number of ether oxygens (including phenoxy) is 1. The first-order chi connectivity index (χ1) is 12.4. The first-order valence-electron chi connectivity index (χ1n) is 7.57. The molecule has 1 aromatic carbocycles. The highest BCUT2D eigenvalue weighted by Gasteiger charge is 2.15. The van der Waals surface area contributed by atoms with Crippen LogP contribution < -0.4 is 4.74 Å². The number of hydrogen-bond donors (Lipinski definition) is 1. The third-order valence-corrected chi connectivity index (χ3v) is 3.84. The molecule has 26 heavy (non-hydrogen) atoms. The zero-order valence-corrected chi connectivity index (χ0v) is 16.2. The van der Waals surface area contributed by atoms with E-state index in [1.807, 2.05) is 6.92 Å². The standard InChI is InChI=1S/C15H16Cl3N3O2.CH2O2/c1-2-4-20(15(22)21-5-3-19-10-21)6-7-23-14-12(17)8-11(16)9-13(14)18;2-1-3/h3,5,8-10H,2,4,6-7H2,1H3;1H,(H,2,3). The number of halogens is 3. The zero-order valence-electron chi connectivity index (χ0n) is 13.9. The van der Waals surface area contributed by atoms with Crippen molar-refractivity contribution in [2.75, 3.05) is 19.7 Å². The molecule has 0 saturated carbocycles. The summed E-state index contributed by atoms with van der Waals surface area (Å²) in [7, 11) is 0. The zero-order chi connectivity index (χ0) is 19.5.